The van der Waals surface area contributed by atoms with Crippen LogP contribution in [0.25, 0.3) is 0 Å². The fraction of sp³-hybridized carbons (Fsp3) is 0.200. The van der Waals surface area contributed by atoms with E-state index >= 15 is 35.1 Å². The maximum atomic E-state index is 15.3. The summed E-state index contributed by atoms with van der Waals surface area (Å²) in [7, 11) is 4.17. The summed E-state index contributed by atoms with van der Waals surface area (Å²) in [5.74, 6) is -45.7. The fourth-order valence-corrected chi connectivity index (χ4v) is 4.13. The number of rotatable bonds is 4. The van der Waals surface area contributed by atoms with Crippen molar-refractivity contribution >= 4 is 22.7 Å². The Morgan fingerprint density at radius 3 is 0.667 bits per heavy atom. The van der Waals surface area contributed by atoms with E-state index in [4.69, 9.17) is 0 Å². The molecule has 4 rings (SSSR count). The smallest absolute Gasteiger partial charge is 0.226 e. The van der Waals surface area contributed by atoms with Crippen LogP contribution >= 0.6 is 0 Å². The van der Waals surface area contributed by atoms with Crippen LogP contribution in [0.1, 0.15) is 20.8 Å². The first-order valence-corrected chi connectivity index (χ1v) is 12.8. The first-order valence-electron chi connectivity index (χ1n) is 12.8. The summed E-state index contributed by atoms with van der Waals surface area (Å²) >= 11 is 0. The highest BCUT2D eigenvalue weighted by atomic mass is 19.2. The van der Waals surface area contributed by atoms with Crippen molar-refractivity contribution in [1.29, 1.82) is 0 Å². The third-order valence-corrected chi connectivity index (χ3v) is 7.04. The van der Waals surface area contributed by atoms with E-state index < -0.39 is 145 Å². The van der Waals surface area contributed by atoms with E-state index in [1.807, 2.05) is 0 Å². The van der Waals surface area contributed by atoms with Crippen molar-refractivity contribution in [3.05, 3.63) is 117 Å². The second kappa shape index (κ2) is 13.3. The number of halogens is 16. The fourth-order valence-electron chi connectivity index (χ4n) is 4.13. The molecule has 0 fully saturated rings. The average Bonchev–Trinajstić information content (AvgIpc) is 2.96. The van der Waals surface area contributed by atoms with Crippen molar-refractivity contribution in [2.24, 2.45) is 0 Å². The van der Waals surface area contributed by atoms with Crippen LogP contribution in [0.5, 0.6) is 0 Å². The highest BCUT2D eigenvalue weighted by molar-refractivity contribution is 5.84. The third-order valence-electron chi connectivity index (χ3n) is 7.04. The van der Waals surface area contributed by atoms with Gasteiger partial charge >= 0.3 is 0 Å². The lowest BCUT2D eigenvalue weighted by Crippen LogP contribution is -2.41. The van der Waals surface area contributed by atoms with Crippen LogP contribution in [-0.2, 0) is 0 Å². The monoisotopic (exact) mass is 711 g/mol. The maximum Gasteiger partial charge on any atom is 0.226 e. The Morgan fingerprint density at radius 1 is 0.354 bits per heavy atom. The predicted molar refractivity (Wildman–Crippen MR) is 139 cm³/mol. The SMILES string of the molecule is CN(C)C(C)(C)C.Fc1cc(F)c([N+](c2c(F)cc(F)c(F)c2F)(c2c(F)cc(F)c(F)c2F)c2c(F)cc(F)c(F)c2F)c(F)c1F. The quantitative estimate of drug-likeness (QED) is 0.0882. The van der Waals surface area contributed by atoms with Gasteiger partial charge < -0.3 is 4.90 Å². The van der Waals surface area contributed by atoms with Crippen molar-refractivity contribution < 1.29 is 70.2 Å². The summed E-state index contributed by atoms with van der Waals surface area (Å²) in [5, 5.41) is 0. The highest BCUT2D eigenvalue weighted by Crippen LogP contribution is 2.59. The topological polar surface area (TPSA) is 3.24 Å². The van der Waals surface area contributed by atoms with Crippen molar-refractivity contribution in [3.8, 4) is 0 Å². The first-order chi connectivity index (χ1) is 21.9. The van der Waals surface area contributed by atoms with Gasteiger partial charge in [-0.1, -0.05) is 0 Å². The van der Waals surface area contributed by atoms with Gasteiger partial charge in [-0.3, -0.25) is 0 Å². The molecule has 18 heteroatoms. The Bertz CT molecular complexity index is 1660. The van der Waals surface area contributed by atoms with Gasteiger partial charge in [0.1, 0.15) is 0 Å². The first kappa shape index (κ1) is 38.1. The molecule has 0 aromatic heterocycles. The zero-order valence-corrected chi connectivity index (χ0v) is 24.8. The summed E-state index contributed by atoms with van der Waals surface area (Å²) < 4.78 is 231. The van der Waals surface area contributed by atoms with Gasteiger partial charge in [-0.2, -0.15) is 22.0 Å². The minimum absolute atomic E-state index is 0.333. The number of hydrogen-bond acceptors (Lipinski definition) is 1. The Morgan fingerprint density at radius 2 is 0.521 bits per heavy atom. The Kier molecular flexibility index (Phi) is 10.6. The van der Waals surface area contributed by atoms with Gasteiger partial charge in [0.25, 0.3) is 0 Å². The van der Waals surface area contributed by atoms with Gasteiger partial charge in [0, 0.05) is 29.8 Å². The minimum Gasteiger partial charge on any atom is -0.305 e. The Balaban J connectivity index is 0.000000804. The van der Waals surface area contributed by atoms with E-state index in [1.165, 1.54) is 0 Å². The van der Waals surface area contributed by atoms with E-state index in [0.29, 0.717) is 5.54 Å². The maximum absolute atomic E-state index is 15.3. The molecule has 0 bridgehead atoms. The lowest BCUT2D eigenvalue weighted by Gasteiger charge is -2.37. The highest BCUT2D eigenvalue weighted by Gasteiger charge is 2.57. The number of nitrogens with zero attached hydrogens (tertiary/aromatic N) is 2. The summed E-state index contributed by atoms with van der Waals surface area (Å²) in [4.78, 5) is 2.19. The third kappa shape index (κ3) is 6.18. The summed E-state index contributed by atoms with van der Waals surface area (Å²) in [6.07, 6.45) is 0. The van der Waals surface area contributed by atoms with E-state index in [1.54, 1.807) is 0 Å². The molecule has 4 aromatic carbocycles. The molecular formula is C30H19F16N2+. The van der Waals surface area contributed by atoms with Gasteiger partial charge in [-0.05, 0) is 34.9 Å². The van der Waals surface area contributed by atoms with E-state index in [-0.39, 0.29) is 0 Å². The second-order valence-electron chi connectivity index (χ2n) is 11.0. The van der Waals surface area contributed by atoms with Gasteiger partial charge in [-0.15, -0.1) is 0 Å². The van der Waals surface area contributed by atoms with Gasteiger partial charge in [0.15, 0.2) is 46.5 Å². The average molecular weight is 711 g/mol. The molecule has 0 saturated carbocycles. The summed E-state index contributed by atoms with van der Waals surface area (Å²) in [5.41, 5.74) is -11.1. The van der Waals surface area contributed by atoms with Crippen LogP contribution in [0.4, 0.5) is 93.0 Å². The molecule has 260 valence electrons. The normalized spacial score (nSPS) is 12.0. The van der Waals surface area contributed by atoms with Crippen LogP contribution in [0.3, 0.4) is 0 Å². The number of hydrogen-bond donors (Lipinski definition) is 0. The van der Waals surface area contributed by atoms with E-state index in [9.17, 15) is 35.1 Å². The zero-order valence-electron chi connectivity index (χ0n) is 24.8. The summed E-state index contributed by atoms with van der Waals surface area (Å²) in [6.45, 7) is 6.56. The van der Waals surface area contributed by atoms with Crippen molar-refractivity contribution in [1.82, 2.24) is 9.38 Å². The van der Waals surface area contributed by atoms with Gasteiger partial charge in [0.05, 0.1) is 0 Å². The molecule has 0 heterocycles. The van der Waals surface area contributed by atoms with Crippen LogP contribution in [0.2, 0.25) is 0 Å². The molecule has 0 radical (unpaired) electrons. The molecule has 0 aliphatic rings. The molecule has 4 aromatic rings. The molecule has 0 spiro atoms. The molecule has 48 heavy (non-hydrogen) atoms. The lowest BCUT2D eigenvalue weighted by atomic mass is 10.0. The molecule has 0 aliphatic carbocycles. The summed E-state index contributed by atoms with van der Waals surface area (Å²) in [6, 6.07) is -3.05. The Labute approximate surface area is 260 Å². The predicted octanol–water partition coefficient (Wildman–Crippen LogP) is 10.6. The second-order valence-corrected chi connectivity index (χ2v) is 11.0. The minimum atomic E-state index is -4.02. The van der Waals surface area contributed by atoms with Crippen molar-refractivity contribution in [2.75, 3.05) is 14.1 Å². The van der Waals surface area contributed by atoms with Gasteiger partial charge in [0.2, 0.25) is 69.3 Å². The molecule has 0 aliphatic heterocycles. The standard InChI is InChI=1S/C24H4F16N.C6H15N/c25-5-1-9(29)21(17(37)13(5)33)41(22-10(30)2-6(26)14(34)18(22)38,23-11(31)3-7(27)15(35)19(23)39)24-12(32)4-8(28)16(36)20(24)40;1-6(2,3)7(4)5/h1-4H;1-5H3/q+1;. The Hall–Kier alpha value is -4.32. The zero-order chi connectivity index (χ0) is 37.0. The molecule has 0 saturated heterocycles. The van der Waals surface area contributed by atoms with Crippen LogP contribution < -0.4 is 4.48 Å². The molecular weight excluding hydrogens is 692 g/mol. The van der Waals surface area contributed by atoms with Crippen LogP contribution in [0, 0.1) is 93.1 Å². The number of quaternary nitrogens is 1. The van der Waals surface area contributed by atoms with Crippen molar-refractivity contribution in [2.45, 2.75) is 26.3 Å². The molecule has 0 N–H and O–H groups in total. The molecule has 0 atom stereocenters. The lowest BCUT2D eigenvalue weighted by molar-refractivity contribution is 0.219. The van der Waals surface area contributed by atoms with Crippen LogP contribution in [0.15, 0.2) is 24.3 Å². The molecule has 0 unspecified atom stereocenters. The molecule has 2 nitrogen and oxygen atoms in total. The van der Waals surface area contributed by atoms with E-state index in [0.717, 1.165) is 0 Å². The van der Waals surface area contributed by atoms with Crippen LogP contribution in [-0.4, -0.2) is 24.5 Å². The van der Waals surface area contributed by atoms with Gasteiger partial charge in [-0.25, -0.2) is 52.7 Å². The molecule has 0 amide bonds. The largest absolute Gasteiger partial charge is 0.305 e. The number of benzene rings is 4. The van der Waals surface area contributed by atoms with Crippen molar-refractivity contribution in [3.63, 3.8) is 0 Å². The van der Waals surface area contributed by atoms with E-state index in [2.05, 4.69) is 39.8 Å².